The molecule has 0 aromatic carbocycles. The fourth-order valence-electron chi connectivity index (χ4n) is 1.60. The Balaban J connectivity index is 2.47. The van der Waals surface area contributed by atoms with Crippen LogP contribution in [0.15, 0.2) is 24.0 Å². The molecule has 0 radical (unpaired) electrons. The number of allylic oxidation sites excluding steroid dienone is 3. The van der Waals surface area contributed by atoms with E-state index in [0.29, 0.717) is 5.92 Å². The zero-order valence-electron chi connectivity index (χ0n) is 9.12. The van der Waals surface area contributed by atoms with Crippen molar-refractivity contribution in [3.05, 3.63) is 24.0 Å². The van der Waals surface area contributed by atoms with Crippen LogP contribution in [-0.2, 0) is 9.47 Å². The molecule has 0 heterocycles. The zero-order chi connectivity index (χ0) is 10.4. The molecule has 0 spiro atoms. The third kappa shape index (κ3) is 3.16. The lowest BCUT2D eigenvalue weighted by atomic mass is 9.98. The first-order chi connectivity index (χ1) is 6.80. The third-order valence-corrected chi connectivity index (χ3v) is 2.46. The summed E-state index contributed by atoms with van der Waals surface area (Å²) in [5.41, 5.74) is 0. The van der Waals surface area contributed by atoms with E-state index in [9.17, 15) is 0 Å². The topological polar surface area (TPSA) is 30.5 Å². The maximum Gasteiger partial charge on any atom is 0.108 e. The summed E-state index contributed by atoms with van der Waals surface area (Å²) in [4.78, 5) is 0. The second-order valence-electron chi connectivity index (χ2n) is 3.38. The second kappa shape index (κ2) is 5.83. The fraction of sp³-hybridized carbons (Fsp3) is 0.636. The van der Waals surface area contributed by atoms with Crippen molar-refractivity contribution in [2.45, 2.75) is 19.1 Å². The number of methoxy groups -OCH3 is 2. The van der Waals surface area contributed by atoms with Crippen molar-refractivity contribution in [2.24, 2.45) is 5.92 Å². The van der Waals surface area contributed by atoms with Crippen molar-refractivity contribution in [3.8, 4) is 0 Å². The molecule has 1 rings (SSSR count). The monoisotopic (exact) mass is 197 g/mol. The number of ether oxygens (including phenoxy) is 2. The van der Waals surface area contributed by atoms with E-state index in [0.717, 1.165) is 18.6 Å². The van der Waals surface area contributed by atoms with E-state index < -0.39 is 0 Å². The Morgan fingerprint density at radius 2 is 2.36 bits per heavy atom. The smallest absolute Gasteiger partial charge is 0.108 e. The van der Waals surface area contributed by atoms with Gasteiger partial charge in [-0.25, -0.2) is 0 Å². The average molecular weight is 197 g/mol. The van der Waals surface area contributed by atoms with Crippen LogP contribution in [0.4, 0.5) is 0 Å². The van der Waals surface area contributed by atoms with Crippen molar-refractivity contribution < 1.29 is 9.47 Å². The summed E-state index contributed by atoms with van der Waals surface area (Å²) < 4.78 is 10.5. The van der Waals surface area contributed by atoms with Crippen molar-refractivity contribution >= 4 is 0 Å². The minimum atomic E-state index is 0.108. The molecule has 0 amide bonds. The largest absolute Gasteiger partial charge is 0.501 e. The zero-order valence-corrected chi connectivity index (χ0v) is 9.12. The molecule has 3 heteroatoms. The van der Waals surface area contributed by atoms with Crippen LogP contribution in [0.2, 0.25) is 0 Å². The predicted molar refractivity (Wildman–Crippen MR) is 56.8 cm³/mol. The highest BCUT2D eigenvalue weighted by Gasteiger charge is 2.13. The summed E-state index contributed by atoms with van der Waals surface area (Å²) >= 11 is 0. The Morgan fingerprint density at radius 3 is 2.93 bits per heavy atom. The normalized spacial score (nSPS) is 23.1. The highest BCUT2D eigenvalue weighted by Crippen LogP contribution is 2.20. The molecule has 14 heavy (non-hydrogen) atoms. The Hall–Kier alpha value is -0.800. The van der Waals surface area contributed by atoms with E-state index in [2.05, 4.69) is 23.5 Å². The van der Waals surface area contributed by atoms with Gasteiger partial charge in [0.1, 0.15) is 6.23 Å². The molecule has 2 atom stereocenters. The molecule has 0 aromatic heterocycles. The van der Waals surface area contributed by atoms with E-state index in [1.807, 2.05) is 7.05 Å². The molecule has 0 saturated heterocycles. The third-order valence-electron chi connectivity index (χ3n) is 2.46. The number of nitrogens with one attached hydrogen (secondary N) is 1. The Bertz CT molecular complexity index is 219. The van der Waals surface area contributed by atoms with Gasteiger partial charge in [-0.2, -0.15) is 0 Å². The second-order valence-corrected chi connectivity index (χ2v) is 3.38. The number of rotatable bonds is 5. The first-order valence-electron chi connectivity index (χ1n) is 4.91. The Kier molecular flexibility index (Phi) is 4.70. The molecule has 80 valence electrons. The van der Waals surface area contributed by atoms with E-state index in [4.69, 9.17) is 9.47 Å². The van der Waals surface area contributed by atoms with Gasteiger partial charge in [0.05, 0.1) is 12.9 Å². The lowest BCUT2D eigenvalue weighted by molar-refractivity contribution is 0.0679. The van der Waals surface area contributed by atoms with Gasteiger partial charge in [-0.05, 0) is 19.5 Å². The van der Waals surface area contributed by atoms with E-state index in [1.165, 1.54) is 0 Å². The standard InChI is InChI=1S/C11H19NO2/c1-12-11(14-3)8-9-5-4-6-10(7-9)13-2/h4-5,7,9,11-12H,6,8H2,1-3H3. The Morgan fingerprint density at radius 1 is 1.57 bits per heavy atom. The van der Waals surface area contributed by atoms with Crippen LogP contribution in [0.25, 0.3) is 0 Å². The van der Waals surface area contributed by atoms with Crippen LogP contribution in [0.1, 0.15) is 12.8 Å². The SMILES string of the molecule is CNC(CC1C=CCC(OC)=C1)OC. The highest BCUT2D eigenvalue weighted by atomic mass is 16.5. The van der Waals surface area contributed by atoms with Gasteiger partial charge >= 0.3 is 0 Å². The quantitative estimate of drug-likeness (QED) is 0.537. The van der Waals surface area contributed by atoms with Gasteiger partial charge in [0.15, 0.2) is 0 Å². The fourth-order valence-corrected chi connectivity index (χ4v) is 1.60. The lowest BCUT2D eigenvalue weighted by Gasteiger charge is -2.20. The van der Waals surface area contributed by atoms with Gasteiger partial charge in [0, 0.05) is 19.4 Å². The summed E-state index contributed by atoms with van der Waals surface area (Å²) in [5, 5.41) is 3.11. The van der Waals surface area contributed by atoms with Crippen LogP contribution in [0.3, 0.4) is 0 Å². The summed E-state index contributed by atoms with van der Waals surface area (Å²) in [5.74, 6) is 1.46. The highest BCUT2D eigenvalue weighted by molar-refractivity contribution is 5.14. The molecule has 0 fully saturated rings. The van der Waals surface area contributed by atoms with E-state index >= 15 is 0 Å². The van der Waals surface area contributed by atoms with Gasteiger partial charge in [-0.1, -0.05) is 12.2 Å². The summed E-state index contributed by atoms with van der Waals surface area (Å²) in [6.45, 7) is 0. The van der Waals surface area contributed by atoms with Crippen LogP contribution in [-0.4, -0.2) is 27.5 Å². The van der Waals surface area contributed by atoms with Gasteiger partial charge in [-0.15, -0.1) is 0 Å². The Labute approximate surface area is 85.8 Å². The van der Waals surface area contributed by atoms with E-state index in [1.54, 1.807) is 14.2 Å². The molecule has 1 aliphatic rings. The van der Waals surface area contributed by atoms with Crippen LogP contribution in [0.5, 0.6) is 0 Å². The summed E-state index contributed by atoms with van der Waals surface area (Å²) in [6, 6.07) is 0. The van der Waals surface area contributed by atoms with Crippen LogP contribution in [0, 0.1) is 5.92 Å². The van der Waals surface area contributed by atoms with Crippen molar-refractivity contribution in [3.63, 3.8) is 0 Å². The summed E-state index contributed by atoms with van der Waals surface area (Å²) in [6.07, 6.45) is 8.46. The molecule has 1 N–H and O–H groups in total. The maximum atomic E-state index is 5.26. The predicted octanol–water partition coefficient (Wildman–Crippen LogP) is 1.67. The average Bonchev–Trinajstić information content (AvgIpc) is 2.26. The van der Waals surface area contributed by atoms with Gasteiger partial charge < -0.3 is 9.47 Å². The van der Waals surface area contributed by atoms with Crippen LogP contribution >= 0.6 is 0 Å². The van der Waals surface area contributed by atoms with Crippen molar-refractivity contribution in [1.29, 1.82) is 0 Å². The first kappa shape index (κ1) is 11.3. The molecule has 0 aliphatic heterocycles. The van der Waals surface area contributed by atoms with E-state index in [-0.39, 0.29) is 6.23 Å². The van der Waals surface area contributed by atoms with Gasteiger partial charge in [-0.3, -0.25) is 5.32 Å². The minimum absolute atomic E-state index is 0.108. The molecular formula is C11H19NO2. The first-order valence-corrected chi connectivity index (χ1v) is 4.91. The number of hydrogen-bond acceptors (Lipinski definition) is 3. The van der Waals surface area contributed by atoms with Gasteiger partial charge in [0.2, 0.25) is 0 Å². The molecule has 0 bridgehead atoms. The molecule has 0 aromatic rings. The maximum absolute atomic E-state index is 5.26. The molecule has 1 aliphatic carbocycles. The molecular weight excluding hydrogens is 178 g/mol. The lowest BCUT2D eigenvalue weighted by Crippen LogP contribution is -2.29. The minimum Gasteiger partial charge on any atom is -0.501 e. The van der Waals surface area contributed by atoms with Crippen molar-refractivity contribution in [2.75, 3.05) is 21.3 Å². The molecule has 2 unspecified atom stereocenters. The molecule has 3 nitrogen and oxygen atoms in total. The van der Waals surface area contributed by atoms with Gasteiger partial charge in [0.25, 0.3) is 0 Å². The van der Waals surface area contributed by atoms with Crippen LogP contribution < -0.4 is 5.32 Å². The summed E-state index contributed by atoms with van der Waals surface area (Å²) in [7, 11) is 5.34. The molecule has 0 saturated carbocycles. The van der Waals surface area contributed by atoms with Crippen molar-refractivity contribution in [1.82, 2.24) is 5.32 Å². The number of hydrogen-bond donors (Lipinski definition) is 1.